The number of hydrogen-bond acceptors (Lipinski definition) is 7. The molecule has 1 heterocycles. The molecule has 0 bridgehead atoms. The summed E-state index contributed by atoms with van der Waals surface area (Å²) in [6.45, 7) is 7.36. The molecule has 0 saturated heterocycles. The standard InChI is InChI=1S/C32H37NO7S/c1-20-15-25(38-14-6-13-33-41(4,36)37)16-21(2)31(20)26-8-5-7-23(22(26)3)19-39-24-9-10-27-28(18-30(34)35)32(11-12-32)40-29(27)17-24/h5,7-10,15-17,28,33H,6,11-14,18-19H2,1-4H3,(H,34,35)/p-1. The summed E-state index contributed by atoms with van der Waals surface area (Å²) in [5.74, 6) is 0.918. The Labute approximate surface area is 241 Å². The normalized spacial score (nSPS) is 16.7. The van der Waals surface area contributed by atoms with E-state index in [4.69, 9.17) is 14.2 Å². The minimum Gasteiger partial charge on any atom is -0.550 e. The molecule has 0 amide bonds. The van der Waals surface area contributed by atoms with E-state index in [9.17, 15) is 18.3 Å². The summed E-state index contributed by atoms with van der Waals surface area (Å²) in [7, 11) is -3.20. The van der Waals surface area contributed by atoms with Gasteiger partial charge in [0.05, 0.1) is 12.9 Å². The number of hydrogen-bond donors (Lipinski definition) is 1. The summed E-state index contributed by atoms with van der Waals surface area (Å²) in [5.41, 5.74) is 7.17. The molecule has 5 rings (SSSR count). The zero-order chi connectivity index (χ0) is 29.4. The van der Waals surface area contributed by atoms with Gasteiger partial charge in [-0.05, 0) is 98.0 Å². The van der Waals surface area contributed by atoms with Crippen molar-refractivity contribution in [1.82, 2.24) is 4.72 Å². The lowest BCUT2D eigenvalue weighted by Crippen LogP contribution is -2.29. The molecule has 1 aliphatic heterocycles. The van der Waals surface area contributed by atoms with Crippen LogP contribution in [0.2, 0.25) is 0 Å². The third-order valence-corrected chi connectivity index (χ3v) is 8.72. The van der Waals surface area contributed by atoms with E-state index < -0.39 is 21.6 Å². The van der Waals surface area contributed by atoms with Crippen LogP contribution in [0.5, 0.6) is 17.2 Å². The van der Waals surface area contributed by atoms with Crippen molar-refractivity contribution in [3.8, 4) is 28.4 Å². The molecule has 1 spiro atoms. The Balaban J connectivity index is 1.26. The largest absolute Gasteiger partial charge is 0.550 e. The predicted octanol–water partition coefficient (Wildman–Crippen LogP) is 4.32. The first-order valence-corrected chi connectivity index (χ1v) is 15.8. The van der Waals surface area contributed by atoms with Crippen LogP contribution in [0.1, 0.15) is 59.4 Å². The van der Waals surface area contributed by atoms with Gasteiger partial charge in [0.25, 0.3) is 0 Å². The van der Waals surface area contributed by atoms with Gasteiger partial charge in [0.1, 0.15) is 29.5 Å². The third-order valence-electron chi connectivity index (χ3n) is 7.99. The number of carboxylic acid groups (broad SMARTS) is 1. The zero-order valence-corrected chi connectivity index (χ0v) is 24.7. The topological polar surface area (TPSA) is 114 Å². The Kier molecular flexibility index (Phi) is 8.03. The van der Waals surface area contributed by atoms with E-state index in [1.807, 2.05) is 36.4 Å². The molecule has 9 heteroatoms. The molecule has 41 heavy (non-hydrogen) atoms. The van der Waals surface area contributed by atoms with Crippen molar-refractivity contribution in [2.24, 2.45) is 0 Å². The lowest BCUT2D eigenvalue weighted by molar-refractivity contribution is -0.306. The van der Waals surface area contributed by atoms with Gasteiger partial charge in [0, 0.05) is 30.1 Å². The number of fused-ring (bicyclic) bond motifs is 1. The van der Waals surface area contributed by atoms with Crippen molar-refractivity contribution in [2.75, 3.05) is 19.4 Å². The average Bonchev–Trinajstić information content (AvgIpc) is 3.60. The van der Waals surface area contributed by atoms with E-state index in [1.54, 1.807) is 0 Å². The molecule has 1 saturated carbocycles. The van der Waals surface area contributed by atoms with Crippen LogP contribution in [-0.4, -0.2) is 39.4 Å². The number of aliphatic carboxylic acids is 1. The highest BCUT2D eigenvalue weighted by molar-refractivity contribution is 7.88. The van der Waals surface area contributed by atoms with Gasteiger partial charge in [-0.15, -0.1) is 0 Å². The van der Waals surface area contributed by atoms with E-state index in [0.29, 0.717) is 37.7 Å². The second-order valence-electron chi connectivity index (χ2n) is 11.2. The van der Waals surface area contributed by atoms with Crippen LogP contribution in [0.15, 0.2) is 48.5 Å². The second kappa shape index (κ2) is 11.4. The fourth-order valence-electron chi connectivity index (χ4n) is 5.81. The first-order valence-electron chi connectivity index (χ1n) is 13.9. The number of nitrogens with one attached hydrogen (secondary N) is 1. The van der Waals surface area contributed by atoms with E-state index in [1.165, 1.54) is 0 Å². The van der Waals surface area contributed by atoms with Crippen LogP contribution in [-0.2, 0) is 21.4 Å². The van der Waals surface area contributed by atoms with Crippen LogP contribution in [0.25, 0.3) is 11.1 Å². The number of carbonyl (C=O) groups is 1. The van der Waals surface area contributed by atoms with Crippen molar-refractivity contribution >= 4 is 16.0 Å². The number of carboxylic acids is 1. The highest BCUT2D eigenvalue weighted by Crippen LogP contribution is 2.59. The maximum absolute atomic E-state index is 11.3. The van der Waals surface area contributed by atoms with Gasteiger partial charge in [0.2, 0.25) is 10.0 Å². The molecule has 218 valence electrons. The third kappa shape index (κ3) is 6.52. The molecule has 3 aromatic rings. The van der Waals surface area contributed by atoms with Gasteiger partial charge >= 0.3 is 0 Å². The molecule has 3 aromatic carbocycles. The minimum absolute atomic E-state index is 0.0337. The molecular formula is C32H36NO7S-. The lowest BCUT2D eigenvalue weighted by Gasteiger charge is -2.18. The van der Waals surface area contributed by atoms with Gasteiger partial charge < -0.3 is 24.1 Å². The number of sulfonamides is 1. The van der Waals surface area contributed by atoms with E-state index in [-0.39, 0.29) is 12.3 Å². The summed E-state index contributed by atoms with van der Waals surface area (Å²) in [6, 6.07) is 15.9. The number of aryl methyl sites for hydroxylation is 2. The van der Waals surface area contributed by atoms with Gasteiger partial charge in [-0.25, -0.2) is 13.1 Å². The number of ether oxygens (including phenoxy) is 3. The first kappa shape index (κ1) is 29.0. The van der Waals surface area contributed by atoms with Crippen molar-refractivity contribution in [3.63, 3.8) is 0 Å². The molecule has 1 N–H and O–H groups in total. The average molecular weight is 579 g/mol. The molecule has 1 unspecified atom stereocenters. The molecule has 0 radical (unpaired) electrons. The Bertz CT molecular complexity index is 1550. The maximum Gasteiger partial charge on any atom is 0.208 e. The number of benzene rings is 3. The Morgan fingerprint density at radius 1 is 1.05 bits per heavy atom. The predicted molar refractivity (Wildman–Crippen MR) is 155 cm³/mol. The lowest BCUT2D eigenvalue weighted by atomic mass is 9.90. The van der Waals surface area contributed by atoms with Crippen LogP contribution in [0.4, 0.5) is 0 Å². The summed E-state index contributed by atoms with van der Waals surface area (Å²) in [6.07, 6.45) is 3.40. The summed E-state index contributed by atoms with van der Waals surface area (Å²) in [5, 5.41) is 11.3. The smallest absolute Gasteiger partial charge is 0.208 e. The maximum atomic E-state index is 11.3. The van der Waals surface area contributed by atoms with Crippen LogP contribution in [0.3, 0.4) is 0 Å². The quantitative estimate of drug-likeness (QED) is 0.318. The van der Waals surface area contributed by atoms with Crippen molar-refractivity contribution in [2.45, 2.75) is 64.6 Å². The molecule has 1 aliphatic carbocycles. The van der Waals surface area contributed by atoms with Gasteiger partial charge in [-0.3, -0.25) is 0 Å². The fourth-order valence-corrected chi connectivity index (χ4v) is 6.33. The van der Waals surface area contributed by atoms with Gasteiger partial charge in [0.15, 0.2) is 0 Å². The van der Waals surface area contributed by atoms with E-state index in [0.717, 1.165) is 63.8 Å². The van der Waals surface area contributed by atoms with Crippen LogP contribution >= 0.6 is 0 Å². The molecule has 1 atom stereocenters. The Hall–Kier alpha value is -3.56. The Morgan fingerprint density at radius 3 is 2.44 bits per heavy atom. The molecule has 0 aromatic heterocycles. The van der Waals surface area contributed by atoms with Gasteiger partial charge in [-0.1, -0.05) is 24.3 Å². The molecule has 2 aliphatic rings. The van der Waals surface area contributed by atoms with Crippen LogP contribution < -0.4 is 24.0 Å². The van der Waals surface area contributed by atoms with Gasteiger partial charge in [-0.2, -0.15) is 0 Å². The number of carbonyl (C=O) groups excluding carboxylic acids is 1. The van der Waals surface area contributed by atoms with Crippen molar-refractivity contribution in [3.05, 3.63) is 76.3 Å². The summed E-state index contributed by atoms with van der Waals surface area (Å²) in [4.78, 5) is 11.3. The van der Waals surface area contributed by atoms with Crippen LogP contribution in [0, 0.1) is 20.8 Å². The molecule has 1 fully saturated rings. The highest BCUT2D eigenvalue weighted by Gasteiger charge is 2.57. The Morgan fingerprint density at radius 2 is 1.78 bits per heavy atom. The zero-order valence-electron chi connectivity index (χ0n) is 23.9. The minimum atomic E-state index is -3.20. The van der Waals surface area contributed by atoms with E-state index in [2.05, 4.69) is 37.6 Å². The van der Waals surface area contributed by atoms with Crippen molar-refractivity contribution in [1.29, 1.82) is 0 Å². The molecular weight excluding hydrogens is 542 g/mol. The fraction of sp³-hybridized carbons (Fsp3) is 0.406. The SMILES string of the molecule is Cc1cc(OCCCNS(C)(=O)=O)cc(C)c1-c1cccc(COc2ccc3c(c2)OC2(CC2)C3CC(=O)[O-])c1C. The second-order valence-corrected chi connectivity index (χ2v) is 13.0. The monoisotopic (exact) mass is 578 g/mol. The highest BCUT2D eigenvalue weighted by atomic mass is 32.2. The van der Waals surface area contributed by atoms with Crippen molar-refractivity contribution < 1.29 is 32.5 Å². The molecule has 8 nitrogen and oxygen atoms in total. The van der Waals surface area contributed by atoms with E-state index >= 15 is 0 Å². The first-order chi connectivity index (χ1) is 19.5. The summed E-state index contributed by atoms with van der Waals surface area (Å²) < 4.78 is 43.2. The summed E-state index contributed by atoms with van der Waals surface area (Å²) >= 11 is 0. The number of rotatable bonds is 12.